The minimum atomic E-state index is -0.417. The van der Waals surface area contributed by atoms with Gasteiger partial charge in [-0.2, -0.15) is 13.5 Å². The van der Waals surface area contributed by atoms with Crippen LogP contribution in [-0.4, -0.2) is 4.92 Å². The summed E-state index contributed by atoms with van der Waals surface area (Å²) in [6, 6.07) is 7.93. The summed E-state index contributed by atoms with van der Waals surface area (Å²) in [7, 11) is 0. The van der Waals surface area contributed by atoms with Crippen LogP contribution in [-0.2, 0) is 0 Å². The standard InChI is InChI=1S/C6H5NO2.H2S/c8-7(9)6-4-2-1-3-5-6;/h1-5H;1H2. The smallest absolute Gasteiger partial charge is 0.258 e. The first-order valence-corrected chi connectivity index (χ1v) is 2.50. The molecule has 0 fully saturated rings. The number of hydrogen-bond acceptors (Lipinski definition) is 2. The third-order valence-corrected chi connectivity index (χ3v) is 0.967. The minimum absolute atomic E-state index is 0. The first-order chi connectivity index (χ1) is 4.30. The van der Waals surface area contributed by atoms with Crippen molar-refractivity contribution >= 4 is 19.2 Å². The minimum Gasteiger partial charge on any atom is -0.258 e. The Bertz CT molecular complexity index is 212. The van der Waals surface area contributed by atoms with Gasteiger partial charge in [0.25, 0.3) is 5.69 Å². The lowest BCUT2D eigenvalue weighted by atomic mass is 10.3. The number of nitro benzene ring substituents is 1. The lowest BCUT2D eigenvalue weighted by Crippen LogP contribution is -1.84. The third-order valence-electron chi connectivity index (χ3n) is 0.967. The molecule has 0 spiro atoms. The maximum absolute atomic E-state index is 10.0. The predicted octanol–water partition coefficient (Wildman–Crippen LogP) is 1.71. The average molecular weight is 157 g/mol. The van der Waals surface area contributed by atoms with Gasteiger partial charge in [-0.3, -0.25) is 10.1 Å². The maximum Gasteiger partial charge on any atom is 0.269 e. The average Bonchev–Trinajstić information content (AvgIpc) is 1.90. The van der Waals surface area contributed by atoms with Crippen LogP contribution in [0.1, 0.15) is 0 Å². The van der Waals surface area contributed by atoms with Crippen LogP contribution >= 0.6 is 13.5 Å². The van der Waals surface area contributed by atoms with Crippen LogP contribution in [0.25, 0.3) is 0 Å². The topological polar surface area (TPSA) is 43.1 Å². The lowest BCUT2D eigenvalue weighted by Gasteiger charge is -1.85. The van der Waals surface area contributed by atoms with Gasteiger partial charge in [-0.1, -0.05) is 18.2 Å². The van der Waals surface area contributed by atoms with E-state index in [0.717, 1.165) is 0 Å². The van der Waals surface area contributed by atoms with E-state index in [9.17, 15) is 10.1 Å². The second-order valence-electron chi connectivity index (χ2n) is 1.59. The predicted molar refractivity (Wildman–Crippen MR) is 43.5 cm³/mol. The number of non-ortho nitro benzene ring substituents is 1. The number of rotatable bonds is 1. The Kier molecular flexibility index (Phi) is 3.49. The van der Waals surface area contributed by atoms with E-state index in [-0.39, 0.29) is 19.2 Å². The summed E-state index contributed by atoms with van der Waals surface area (Å²) in [5.74, 6) is 0. The molecule has 0 saturated heterocycles. The Morgan fingerprint density at radius 3 is 2.00 bits per heavy atom. The van der Waals surface area contributed by atoms with Crippen molar-refractivity contribution in [2.24, 2.45) is 0 Å². The van der Waals surface area contributed by atoms with Gasteiger partial charge in [-0.25, -0.2) is 0 Å². The van der Waals surface area contributed by atoms with Gasteiger partial charge in [0.15, 0.2) is 0 Å². The monoisotopic (exact) mass is 157 g/mol. The number of hydrogen-bond donors (Lipinski definition) is 0. The second-order valence-corrected chi connectivity index (χ2v) is 1.59. The zero-order valence-corrected chi connectivity index (χ0v) is 6.15. The highest BCUT2D eigenvalue weighted by molar-refractivity contribution is 7.59. The third kappa shape index (κ3) is 2.06. The van der Waals surface area contributed by atoms with Crippen LogP contribution in [0.3, 0.4) is 0 Å². The van der Waals surface area contributed by atoms with Gasteiger partial charge in [0, 0.05) is 12.1 Å². The summed E-state index contributed by atoms with van der Waals surface area (Å²) >= 11 is 0. The number of nitro groups is 1. The second kappa shape index (κ2) is 3.90. The molecule has 0 aromatic heterocycles. The Hall–Kier alpha value is -1.03. The molecule has 0 bridgehead atoms. The van der Waals surface area contributed by atoms with E-state index in [2.05, 4.69) is 0 Å². The summed E-state index contributed by atoms with van der Waals surface area (Å²) in [4.78, 5) is 9.59. The van der Waals surface area contributed by atoms with Crippen LogP contribution in [0.2, 0.25) is 0 Å². The molecule has 0 heterocycles. The molecule has 0 N–H and O–H groups in total. The normalized spacial score (nSPS) is 8.00. The fourth-order valence-corrected chi connectivity index (χ4v) is 0.550. The zero-order chi connectivity index (χ0) is 6.69. The quantitative estimate of drug-likeness (QED) is 0.460. The van der Waals surface area contributed by atoms with Gasteiger partial charge in [0.05, 0.1) is 4.92 Å². The molecule has 1 rings (SSSR count). The number of benzene rings is 1. The van der Waals surface area contributed by atoms with Gasteiger partial charge < -0.3 is 0 Å². The molecule has 54 valence electrons. The van der Waals surface area contributed by atoms with Crippen molar-refractivity contribution < 1.29 is 4.92 Å². The van der Waals surface area contributed by atoms with Gasteiger partial charge >= 0.3 is 0 Å². The van der Waals surface area contributed by atoms with Crippen LogP contribution in [0.5, 0.6) is 0 Å². The maximum atomic E-state index is 10.0. The van der Waals surface area contributed by atoms with Crippen molar-refractivity contribution in [3.63, 3.8) is 0 Å². The SMILES string of the molecule is O=[N+]([O-])c1ccccc1.S. The van der Waals surface area contributed by atoms with E-state index < -0.39 is 4.92 Å². The van der Waals surface area contributed by atoms with E-state index in [1.807, 2.05) is 0 Å². The van der Waals surface area contributed by atoms with E-state index in [0.29, 0.717) is 0 Å². The Labute approximate surface area is 65.3 Å². The summed E-state index contributed by atoms with van der Waals surface area (Å²) < 4.78 is 0. The Balaban J connectivity index is 0.000000810. The van der Waals surface area contributed by atoms with Gasteiger partial charge in [0.1, 0.15) is 0 Å². The highest BCUT2D eigenvalue weighted by atomic mass is 32.1. The van der Waals surface area contributed by atoms with E-state index in [4.69, 9.17) is 0 Å². The van der Waals surface area contributed by atoms with Crippen LogP contribution < -0.4 is 0 Å². The van der Waals surface area contributed by atoms with E-state index in [1.165, 1.54) is 12.1 Å². The zero-order valence-electron chi connectivity index (χ0n) is 5.15. The highest BCUT2D eigenvalue weighted by Crippen LogP contribution is 2.06. The first kappa shape index (κ1) is 8.97. The van der Waals surface area contributed by atoms with Crippen molar-refractivity contribution in [2.45, 2.75) is 0 Å². The van der Waals surface area contributed by atoms with Gasteiger partial charge in [0.2, 0.25) is 0 Å². The van der Waals surface area contributed by atoms with Crippen molar-refractivity contribution in [1.29, 1.82) is 0 Å². The molecule has 3 nitrogen and oxygen atoms in total. The van der Waals surface area contributed by atoms with E-state index in [1.54, 1.807) is 18.2 Å². The molecule has 0 saturated carbocycles. The molecule has 4 heteroatoms. The van der Waals surface area contributed by atoms with Crippen LogP contribution in [0, 0.1) is 10.1 Å². The van der Waals surface area contributed by atoms with Gasteiger partial charge in [-0.15, -0.1) is 0 Å². The Morgan fingerprint density at radius 2 is 1.70 bits per heavy atom. The lowest BCUT2D eigenvalue weighted by molar-refractivity contribution is -0.384. The van der Waals surface area contributed by atoms with Crippen molar-refractivity contribution in [2.75, 3.05) is 0 Å². The van der Waals surface area contributed by atoms with Crippen molar-refractivity contribution in [1.82, 2.24) is 0 Å². The molecular formula is C6H7NO2S. The first-order valence-electron chi connectivity index (χ1n) is 2.50. The van der Waals surface area contributed by atoms with Crippen molar-refractivity contribution in [3.05, 3.63) is 40.4 Å². The molecule has 0 unspecified atom stereocenters. The molecule has 0 aliphatic rings. The molecule has 1 aromatic rings. The van der Waals surface area contributed by atoms with Crippen molar-refractivity contribution in [3.8, 4) is 0 Å². The summed E-state index contributed by atoms with van der Waals surface area (Å²) in [6.07, 6.45) is 0. The fourth-order valence-electron chi connectivity index (χ4n) is 0.550. The van der Waals surface area contributed by atoms with Crippen LogP contribution in [0.4, 0.5) is 5.69 Å². The summed E-state index contributed by atoms with van der Waals surface area (Å²) in [5.41, 5.74) is 0.137. The summed E-state index contributed by atoms with van der Waals surface area (Å²) in [6.45, 7) is 0. The molecule has 0 amide bonds. The largest absolute Gasteiger partial charge is 0.269 e. The molecule has 0 radical (unpaired) electrons. The summed E-state index contributed by atoms with van der Waals surface area (Å²) in [5, 5.41) is 10.0. The Morgan fingerprint density at radius 1 is 1.20 bits per heavy atom. The van der Waals surface area contributed by atoms with E-state index >= 15 is 0 Å². The molecule has 0 aliphatic heterocycles. The molecular weight excluding hydrogens is 150 g/mol. The molecule has 0 aliphatic carbocycles. The number of para-hydroxylation sites is 1. The van der Waals surface area contributed by atoms with Crippen LogP contribution in [0.15, 0.2) is 30.3 Å². The molecule has 1 aromatic carbocycles. The number of nitrogens with zero attached hydrogens (tertiary/aromatic N) is 1. The molecule has 0 atom stereocenters. The highest BCUT2D eigenvalue weighted by Gasteiger charge is 1.98. The van der Waals surface area contributed by atoms with Gasteiger partial charge in [-0.05, 0) is 0 Å². The molecule has 10 heavy (non-hydrogen) atoms. The fraction of sp³-hybridized carbons (Fsp3) is 0.